The third kappa shape index (κ3) is 4.36. The summed E-state index contributed by atoms with van der Waals surface area (Å²) in [6.07, 6.45) is 0. The Kier molecular flexibility index (Phi) is 5.45. The average Bonchev–Trinajstić information content (AvgIpc) is 2.50. The fourth-order valence-corrected chi connectivity index (χ4v) is 3.06. The van der Waals surface area contributed by atoms with Crippen LogP contribution in [0.15, 0.2) is 59.5 Å². The summed E-state index contributed by atoms with van der Waals surface area (Å²) >= 11 is 1.60. The van der Waals surface area contributed by atoms with Gasteiger partial charge in [0.15, 0.2) is 0 Å². The van der Waals surface area contributed by atoms with Crippen LogP contribution in [-0.2, 0) is 4.79 Å². The van der Waals surface area contributed by atoms with E-state index in [1.807, 2.05) is 56.3 Å². The fourth-order valence-electron chi connectivity index (χ4n) is 2.09. The van der Waals surface area contributed by atoms with Crippen LogP contribution in [0.4, 0.5) is 0 Å². The first kappa shape index (κ1) is 15.6. The molecule has 0 aliphatic rings. The molecular formula is C18H21NOS. The van der Waals surface area contributed by atoms with Crippen LogP contribution < -0.4 is 5.32 Å². The molecule has 2 unspecified atom stereocenters. The summed E-state index contributed by atoms with van der Waals surface area (Å²) in [5, 5.41) is 2.96. The molecule has 0 aliphatic carbocycles. The lowest BCUT2D eigenvalue weighted by molar-refractivity contribution is -0.120. The van der Waals surface area contributed by atoms with Crippen molar-refractivity contribution in [1.82, 2.24) is 5.32 Å². The van der Waals surface area contributed by atoms with Gasteiger partial charge in [-0.3, -0.25) is 4.79 Å². The normalized spacial score (nSPS) is 13.5. The van der Waals surface area contributed by atoms with Gasteiger partial charge in [-0.1, -0.05) is 48.5 Å². The molecule has 2 rings (SSSR count). The molecule has 0 spiro atoms. The minimum absolute atomic E-state index is 0.0265. The second kappa shape index (κ2) is 7.32. The van der Waals surface area contributed by atoms with E-state index in [0.29, 0.717) is 0 Å². The third-order valence-electron chi connectivity index (χ3n) is 3.42. The number of carbonyl (C=O) groups is 1. The number of carbonyl (C=O) groups excluding carboxylic acids is 1. The highest BCUT2D eigenvalue weighted by atomic mass is 32.2. The van der Waals surface area contributed by atoms with Crippen molar-refractivity contribution in [3.05, 3.63) is 65.7 Å². The second-order valence-corrected chi connectivity index (χ2v) is 6.55. The molecule has 0 radical (unpaired) electrons. The number of amides is 1. The van der Waals surface area contributed by atoms with Crippen molar-refractivity contribution in [2.75, 3.05) is 0 Å². The second-order valence-electron chi connectivity index (χ2n) is 5.17. The number of rotatable bonds is 5. The monoisotopic (exact) mass is 299 g/mol. The van der Waals surface area contributed by atoms with Crippen LogP contribution in [0, 0.1) is 6.92 Å². The fraction of sp³-hybridized carbons (Fsp3) is 0.278. The van der Waals surface area contributed by atoms with Gasteiger partial charge in [0.05, 0.1) is 11.3 Å². The van der Waals surface area contributed by atoms with E-state index in [2.05, 4.69) is 24.4 Å². The van der Waals surface area contributed by atoms with Gasteiger partial charge in [0, 0.05) is 4.90 Å². The lowest BCUT2D eigenvalue weighted by Crippen LogP contribution is -2.33. The highest BCUT2D eigenvalue weighted by Crippen LogP contribution is 2.26. The third-order valence-corrected chi connectivity index (χ3v) is 4.70. The number of benzene rings is 2. The molecule has 0 saturated heterocycles. The maximum atomic E-state index is 12.3. The van der Waals surface area contributed by atoms with Crippen LogP contribution in [0.5, 0.6) is 0 Å². The number of hydrogen-bond acceptors (Lipinski definition) is 2. The minimum Gasteiger partial charge on any atom is -0.349 e. The maximum absolute atomic E-state index is 12.3. The van der Waals surface area contributed by atoms with Crippen molar-refractivity contribution in [3.8, 4) is 0 Å². The number of thioether (sulfide) groups is 1. The van der Waals surface area contributed by atoms with Crippen molar-refractivity contribution >= 4 is 17.7 Å². The molecule has 3 heteroatoms. The summed E-state index contributed by atoms with van der Waals surface area (Å²) in [7, 11) is 0. The van der Waals surface area contributed by atoms with Crippen molar-refractivity contribution in [2.24, 2.45) is 0 Å². The quantitative estimate of drug-likeness (QED) is 0.831. The molecule has 2 nitrogen and oxygen atoms in total. The summed E-state index contributed by atoms with van der Waals surface area (Å²) in [5.74, 6) is 0.0691. The lowest BCUT2D eigenvalue weighted by Gasteiger charge is -2.18. The molecule has 0 fully saturated rings. The molecule has 2 aromatic rings. The highest BCUT2D eigenvalue weighted by Gasteiger charge is 2.17. The standard InChI is InChI=1S/C18H21NOS/c1-13-9-7-8-12-17(13)21-15(3)18(20)19-14(2)16-10-5-4-6-11-16/h4-12,14-15H,1-3H3,(H,19,20). The largest absolute Gasteiger partial charge is 0.349 e. The molecule has 0 bridgehead atoms. The SMILES string of the molecule is Cc1ccccc1SC(C)C(=O)NC(C)c1ccccc1. The van der Waals surface area contributed by atoms with Gasteiger partial charge >= 0.3 is 0 Å². The first-order chi connectivity index (χ1) is 10.1. The molecule has 0 aromatic heterocycles. The van der Waals surface area contributed by atoms with Gasteiger partial charge in [0.25, 0.3) is 0 Å². The van der Waals surface area contributed by atoms with Gasteiger partial charge in [-0.15, -0.1) is 11.8 Å². The average molecular weight is 299 g/mol. The van der Waals surface area contributed by atoms with E-state index in [1.54, 1.807) is 11.8 Å². The van der Waals surface area contributed by atoms with E-state index in [1.165, 1.54) is 5.56 Å². The summed E-state index contributed by atoms with van der Waals surface area (Å²) in [6, 6.07) is 18.2. The van der Waals surface area contributed by atoms with Crippen LogP contribution in [0.25, 0.3) is 0 Å². The Morgan fingerprint density at radius 1 is 1.00 bits per heavy atom. The van der Waals surface area contributed by atoms with Gasteiger partial charge in [-0.05, 0) is 38.0 Å². The van der Waals surface area contributed by atoms with Crippen LogP contribution in [0.2, 0.25) is 0 Å². The van der Waals surface area contributed by atoms with E-state index < -0.39 is 0 Å². The van der Waals surface area contributed by atoms with Crippen molar-refractivity contribution < 1.29 is 4.79 Å². The molecule has 110 valence electrons. The van der Waals surface area contributed by atoms with E-state index in [9.17, 15) is 4.79 Å². The smallest absolute Gasteiger partial charge is 0.233 e. The zero-order chi connectivity index (χ0) is 15.2. The zero-order valence-corrected chi connectivity index (χ0v) is 13.5. The molecule has 2 aromatic carbocycles. The molecule has 0 saturated carbocycles. The van der Waals surface area contributed by atoms with E-state index >= 15 is 0 Å². The molecule has 2 atom stereocenters. The minimum atomic E-state index is -0.114. The van der Waals surface area contributed by atoms with Gasteiger partial charge in [-0.25, -0.2) is 0 Å². The summed E-state index contributed by atoms with van der Waals surface area (Å²) in [6.45, 7) is 6.03. The molecule has 21 heavy (non-hydrogen) atoms. The Bertz CT molecular complexity index is 597. The Balaban J connectivity index is 1.95. The van der Waals surface area contributed by atoms with E-state index in [0.717, 1.165) is 10.5 Å². The molecule has 0 aliphatic heterocycles. The van der Waals surface area contributed by atoms with E-state index in [-0.39, 0.29) is 17.2 Å². The summed E-state index contributed by atoms with van der Waals surface area (Å²) in [5.41, 5.74) is 2.33. The van der Waals surface area contributed by atoms with Crippen LogP contribution in [0.1, 0.15) is 31.0 Å². The Morgan fingerprint density at radius 2 is 1.62 bits per heavy atom. The first-order valence-corrected chi connectivity index (χ1v) is 8.03. The molecule has 0 heterocycles. The number of hydrogen-bond donors (Lipinski definition) is 1. The Labute approximate surface area is 131 Å². The summed E-state index contributed by atoms with van der Waals surface area (Å²) < 4.78 is 0. The molecular weight excluding hydrogens is 278 g/mol. The zero-order valence-electron chi connectivity index (χ0n) is 12.7. The van der Waals surface area contributed by atoms with Crippen molar-refractivity contribution in [2.45, 2.75) is 37.0 Å². The van der Waals surface area contributed by atoms with Crippen LogP contribution in [-0.4, -0.2) is 11.2 Å². The van der Waals surface area contributed by atoms with E-state index in [4.69, 9.17) is 0 Å². The molecule has 1 amide bonds. The predicted molar refractivity (Wildman–Crippen MR) is 89.5 cm³/mol. The van der Waals surface area contributed by atoms with Crippen LogP contribution in [0.3, 0.4) is 0 Å². The predicted octanol–water partition coefficient (Wildman–Crippen LogP) is 4.35. The maximum Gasteiger partial charge on any atom is 0.233 e. The Hall–Kier alpha value is -1.74. The first-order valence-electron chi connectivity index (χ1n) is 7.15. The van der Waals surface area contributed by atoms with Gasteiger partial charge in [0.1, 0.15) is 0 Å². The molecule has 1 N–H and O–H groups in total. The van der Waals surface area contributed by atoms with Gasteiger partial charge in [-0.2, -0.15) is 0 Å². The lowest BCUT2D eigenvalue weighted by atomic mass is 10.1. The number of nitrogens with one attached hydrogen (secondary N) is 1. The van der Waals surface area contributed by atoms with Gasteiger partial charge < -0.3 is 5.32 Å². The van der Waals surface area contributed by atoms with Crippen molar-refractivity contribution in [1.29, 1.82) is 0 Å². The highest BCUT2D eigenvalue weighted by molar-refractivity contribution is 8.00. The Morgan fingerprint density at radius 3 is 2.29 bits per heavy atom. The van der Waals surface area contributed by atoms with Crippen LogP contribution >= 0.6 is 11.8 Å². The van der Waals surface area contributed by atoms with Gasteiger partial charge in [0.2, 0.25) is 5.91 Å². The topological polar surface area (TPSA) is 29.1 Å². The number of aryl methyl sites for hydroxylation is 1. The summed E-state index contributed by atoms with van der Waals surface area (Å²) in [4.78, 5) is 13.5. The van der Waals surface area contributed by atoms with Crippen molar-refractivity contribution in [3.63, 3.8) is 0 Å².